The van der Waals surface area contributed by atoms with E-state index in [-0.39, 0.29) is 0 Å². The largest absolute Gasteiger partial charge is 0.398 e. The van der Waals surface area contributed by atoms with E-state index in [0.717, 1.165) is 0 Å². The van der Waals surface area contributed by atoms with Crippen LogP contribution in [0.5, 0.6) is 0 Å². The van der Waals surface area contributed by atoms with Crippen LogP contribution in [0.2, 0.25) is 12.1 Å². The first-order chi connectivity index (χ1) is 10.7. The van der Waals surface area contributed by atoms with Crippen molar-refractivity contribution in [3.8, 4) is 0 Å². The normalized spacial score (nSPS) is 12.0. The van der Waals surface area contributed by atoms with Crippen molar-refractivity contribution in [1.29, 1.82) is 0 Å². The van der Waals surface area contributed by atoms with Gasteiger partial charge in [0.05, 0.1) is 0 Å². The zero-order chi connectivity index (χ0) is 16.5. The Hall–Kier alpha value is 0.137. The van der Waals surface area contributed by atoms with Gasteiger partial charge in [-0.3, -0.25) is 0 Å². The highest BCUT2D eigenvalue weighted by Crippen LogP contribution is 2.24. The predicted octanol–water partition coefficient (Wildman–Crippen LogP) is 6.83. The van der Waals surface area contributed by atoms with Crippen molar-refractivity contribution < 1.29 is 8.85 Å². The van der Waals surface area contributed by atoms with Crippen LogP contribution in [0.4, 0.5) is 0 Å². The van der Waals surface area contributed by atoms with Crippen molar-refractivity contribution in [2.24, 2.45) is 0 Å². The van der Waals surface area contributed by atoms with Crippen LogP contribution in [-0.4, -0.2) is 22.8 Å². The molecule has 0 spiro atoms. The number of hydrogen-bond acceptors (Lipinski definition) is 2. The highest BCUT2D eigenvalue weighted by Gasteiger charge is 2.33. The summed E-state index contributed by atoms with van der Waals surface area (Å²) in [5.41, 5.74) is 0. The van der Waals surface area contributed by atoms with E-state index in [9.17, 15) is 0 Å². The van der Waals surface area contributed by atoms with Crippen LogP contribution in [0.3, 0.4) is 0 Å². The SMILES string of the molecule is CCCCCCCCCCCC[Si](CCCCC)(OC)OC. The standard InChI is InChI=1S/C19H42O2Si/c1-5-7-9-10-11-12-13-14-15-17-19-22(20-3,21-4)18-16-8-6-2/h5-19H2,1-4H3. The van der Waals surface area contributed by atoms with Crippen molar-refractivity contribution >= 4 is 8.56 Å². The van der Waals surface area contributed by atoms with Crippen molar-refractivity contribution in [3.63, 3.8) is 0 Å². The Morgan fingerprint density at radius 1 is 0.500 bits per heavy atom. The first-order valence-corrected chi connectivity index (χ1v) is 12.1. The summed E-state index contributed by atoms with van der Waals surface area (Å²) < 4.78 is 11.7. The van der Waals surface area contributed by atoms with Gasteiger partial charge in [0.15, 0.2) is 0 Å². The van der Waals surface area contributed by atoms with E-state index in [0.29, 0.717) is 0 Å². The summed E-state index contributed by atoms with van der Waals surface area (Å²) in [6.07, 6.45) is 17.8. The molecule has 0 aromatic heterocycles. The fourth-order valence-electron chi connectivity index (χ4n) is 3.14. The van der Waals surface area contributed by atoms with Crippen LogP contribution in [0.25, 0.3) is 0 Å². The molecule has 0 radical (unpaired) electrons. The third-order valence-corrected chi connectivity index (χ3v) is 8.54. The highest BCUT2D eigenvalue weighted by atomic mass is 28.4. The lowest BCUT2D eigenvalue weighted by atomic mass is 10.1. The zero-order valence-electron chi connectivity index (χ0n) is 15.9. The summed E-state index contributed by atoms with van der Waals surface area (Å²) in [6.45, 7) is 4.54. The molecular weight excluding hydrogens is 288 g/mol. The third-order valence-electron chi connectivity index (χ3n) is 4.82. The monoisotopic (exact) mass is 330 g/mol. The summed E-state index contributed by atoms with van der Waals surface area (Å²) in [5.74, 6) is 0. The summed E-state index contributed by atoms with van der Waals surface area (Å²) in [4.78, 5) is 0. The van der Waals surface area contributed by atoms with E-state index in [1.807, 2.05) is 14.2 Å². The van der Waals surface area contributed by atoms with Crippen molar-refractivity contribution in [3.05, 3.63) is 0 Å². The third kappa shape index (κ3) is 11.7. The van der Waals surface area contributed by atoms with Crippen molar-refractivity contribution in [2.45, 2.75) is 109 Å². The molecule has 0 aliphatic carbocycles. The lowest BCUT2D eigenvalue weighted by Gasteiger charge is -2.27. The fraction of sp³-hybridized carbons (Fsp3) is 1.00. The van der Waals surface area contributed by atoms with Crippen molar-refractivity contribution in [1.82, 2.24) is 0 Å². The van der Waals surface area contributed by atoms with Crippen LogP contribution in [0, 0.1) is 0 Å². The summed E-state index contributed by atoms with van der Waals surface area (Å²) in [6, 6.07) is 2.35. The molecular formula is C19H42O2Si. The average molecular weight is 331 g/mol. The maximum atomic E-state index is 5.83. The Balaban J connectivity index is 3.59. The summed E-state index contributed by atoms with van der Waals surface area (Å²) in [7, 11) is 1.85. The Bertz CT molecular complexity index is 217. The molecule has 22 heavy (non-hydrogen) atoms. The summed E-state index contributed by atoms with van der Waals surface area (Å²) >= 11 is 0. The molecule has 0 saturated heterocycles. The molecule has 0 aliphatic rings. The van der Waals surface area contributed by atoms with Gasteiger partial charge in [0.2, 0.25) is 0 Å². The Kier molecular flexibility index (Phi) is 16.1. The molecule has 0 bridgehead atoms. The number of rotatable bonds is 17. The molecule has 0 atom stereocenters. The Labute approximate surface area is 141 Å². The maximum Gasteiger partial charge on any atom is 0.337 e. The molecule has 0 aromatic rings. The van der Waals surface area contributed by atoms with Gasteiger partial charge < -0.3 is 8.85 Å². The number of unbranched alkanes of at least 4 members (excludes halogenated alkanes) is 11. The van der Waals surface area contributed by atoms with E-state index in [1.54, 1.807) is 0 Å². The Morgan fingerprint density at radius 2 is 0.818 bits per heavy atom. The van der Waals surface area contributed by atoms with E-state index in [1.165, 1.54) is 95.6 Å². The van der Waals surface area contributed by atoms with E-state index >= 15 is 0 Å². The fourth-order valence-corrected chi connectivity index (χ4v) is 5.95. The second-order valence-corrected chi connectivity index (χ2v) is 10.3. The Morgan fingerprint density at radius 3 is 1.23 bits per heavy atom. The maximum absolute atomic E-state index is 5.83. The molecule has 0 fully saturated rings. The highest BCUT2D eigenvalue weighted by molar-refractivity contribution is 6.67. The summed E-state index contributed by atoms with van der Waals surface area (Å²) in [5, 5.41) is 0. The topological polar surface area (TPSA) is 18.5 Å². The van der Waals surface area contributed by atoms with Crippen LogP contribution in [0.1, 0.15) is 97.3 Å². The average Bonchev–Trinajstić information content (AvgIpc) is 2.55. The first-order valence-electron chi connectivity index (χ1n) is 9.85. The molecule has 0 saturated carbocycles. The van der Waals surface area contributed by atoms with E-state index in [2.05, 4.69) is 13.8 Å². The van der Waals surface area contributed by atoms with Gasteiger partial charge in [-0.1, -0.05) is 97.3 Å². The van der Waals surface area contributed by atoms with Crippen LogP contribution in [-0.2, 0) is 8.85 Å². The van der Waals surface area contributed by atoms with Gasteiger partial charge in [-0.25, -0.2) is 0 Å². The predicted molar refractivity (Wildman–Crippen MR) is 101 cm³/mol. The minimum absolute atomic E-state index is 1.17. The molecule has 0 heterocycles. The van der Waals surface area contributed by atoms with Crippen LogP contribution >= 0.6 is 0 Å². The molecule has 0 aliphatic heterocycles. The van der Waals surface area contributed by atoms with Gasteiger partial charge in [0.1, 0.15) is 0 Å². The zero-order valence-corrected chi connectivity index (χ0v) is 16.9. The second-order valence-electron chi connectivity index (χ2n) is 6.71. The molecule has 3 heteroatoms. The molecule has 134 valence electrons. The molecule has 0 rings (SSSR count). The van der Waals surface area contributed by atoms with Crippen LogP contribution < -0.4 is 0 Å². The minimum atomic E-state index is -1.87. The van der Waals surface area contributed by atoms with Gasteiger partial charge in [-0.05, 0) is 12.1 Å². The molecule has 0 aromatic carbocycles. The minimum Gasteiger partial charge on any atom is -0.398 e. The van der Waals surface area contributed by atoms with Gasteiger partial charge >= 0.3 is 8.56 Å². The first kappa shape index (κ1) is 22.1. The molecule has 0 amide bonds. The molecule has 2 nitrogen and oxygen atoms in total. The van der Waals surface area contributed by atoms with E-state index in [4.69, 9.17) is 8.85 Å². The number of hydrogen-bond donors (Lipinski definition) is 0. The quantitative estimate of drug-likeness (QED) is 0.215. The van der Waals surface area contributed by atoms with Gasteiger partial charge in [-0.2, -0.15) is 0 Å². The lowest BCUT2D eigenvalue weighted by Crippen LogP contribution is -2.39. The van der Waals surface area contributed by atoms with Crippen molar-refractivity contribution in [2.75, 3.05) is 14.2 Å². The second kappa shape index (κ2) is 16.0. The van der Waals surface area contributed by atoms with Gasteiger partial charge in [0, 0.05) is 14.2 Å². The molecule has 0 N–H and O–H groups in total. The van der Waals surface area contributed by atoms with Gasteiger partial charge in [-0.15, -0.1) is 0 Å². The smallest absolute Gasteiger partial charge is 0.337 e. The lowest BCUT2D eigenvalue weighted by molar-refractivity contribution is 0.238. The van der Waals surface area contributed by atoms with Crippen LogP contribution in [0.15, 0.2) is 0 Å². The van der Waals surface area contributed by atoms with Gasteiger partial charge in [0.25, 0.3) is 0 Å². The van der Waals surface area contributed by atoms with E-state index < -0.39 is 8.56 Å². The molecule has 0 unspecified atom stereocenters.